The molecule has 0 spiro atoms. The molecule has 0 aliphatic carbocycles. The van der Waals surface area contributed by atoms with Crippen molar-refractivity contribution in [2.75, 3.05) is 5.84 Å². The molecule has 0 radical (unpaired) electrons. The molecule has 0 aliphatic rings. The van der Waals surface area contributed by atoms with Crippen molar-refractivity contribution in [2.24, 2.45) is 0 Å². The summed E-state index contributed by atoms with van der Waals surface area (Å²) in [6.07, 6.45) is 1.99. The number of imidazole rings is 2. The summed E-state index contributed by atoms with van der Waals surface area (Å²) in [5, 5.41) is 0. The van der Waals surface area contributed by atoms with Crippen molar-refractivity contribution in [3.8, 4) is 5.69 Å². The van der Waals surface area contributed by atoms with Gasteiger partial charge in [-0.05, 0) is 37.1 Å². The van der Waals surface area contributed by atoms with Gasteiger partial charge in [0, 0.05) is 6.92 Å². The van der Waals surface area contributed by atoms with Crippen molar-refractivity contribution in [3.63, 3.8) is 0 Å². The van der Waals surface area contributed by atoms with E-state index < -0.39 is 0 Å². The van der Waals surface area contributed by atoms with E-state index in [1.165, 1.54) is 27.8 Å². The van der Waals surface area contributed by atoms with Gasteiger partial charge in [-0.3, -0.25) is 10.4 Å². The number of aryl methyl sites for hydroxylation is 3. The Morgan fingerprint density at radius 1 is 0.864 bits per heavy atom. The van der Waals surface area contributed by atoms with E-state index in [9.17, 15) is 0 Å². The van der Waals surface area contributed by atoms with Crippen LogP contribution in [0, 0.1) is 20.8 Å². The topological polar surface area (TPSA) is 39.2 Å². The van der Waals surface area contributed by atoms with E-state index in [2.05, 4.69) is 65.3 Å². The monoisotopic (exact) mass is 291 g/mol. The largest absolute Gasteiger partial charge is 0.283 e. The highest BCUT2D eigenvalue weighted by Gasteiger charge is 2.24. The van der Waals surface area contributed by atoms with Gasteiger partial charge in [-0.25, -0.2) is 0 Å². The lowest BCUT2D eigenvalue weighted by Gasteiger charge is -2.11. The summed E-state index contributed by atoms with van der Waals surface area (Å²) in [7, 11) is 0. The van der Waals surface area contributed by atoms with Crippen molar-refractivity contribution < 1.29 is 4.68 Å². The van der Waals surface area contributed by atoms with E-state index >= 15 is 0 Å². The molecule has 4 nitrogen and oxygen atoms in total. The van der Waals surface area contributed by atoms with Gasteiger partial charge in [0.15, 0.2) is 11.7 Å². The second-order valence-electron chi connectivity index (χ2n) is 5.84. The molecule has 2 N–H and O–H groups in total. The summed E-state index contributed by atoms with van der Waals surface area (Å²) in [4.78, 5) is 0. The van der Waals surface area contributed by atoms with Crippen LogP contribution in [-0.2, 0) is 0 Å². The first-order valence-electron chi connectivity index (χ1n) is 7.44. The van der Waals surface area contributed by atoms with Crippen molar-refractivity contribution in [2.45, 2.75) is 20.8 Å². The second-order valence-corrected chi connectivity index (χ2v) is 5.84. The van der Waals surface area contributed by atoms with E-state index in [0.717, 1.165) is 11.5 Å². The average molecular weight is 291 g/mol. The zero-order valence-corrected chi connectivity index (χ0v) is 13.0. The van der Waals surface area contributed by atoms with Gasteiger partial charge >= 0.3 is 0 Å². The maximum atomic E-state index is 6.09. The quantitative estimate of drug-likeness (QED) is 0.425. The third-order valence-electron chi connectivity index (χ3n) is 4.44. The highest BCUT2D eigenvalue weighted by atomic mass is 15.4. The molecule has 4 rings (SSSR count). The molecule has 0 amide bonds. The number of nitrogen functional groups attached to an aromatic ring is 1. The average Bonchev–Trinajstić information content (AvgIpc) is 2.95. The maximum Gasteiger partial charge on any atom is 0.283 e. The summed E-state index contributed by atoms with van der Waals surface area (Å²) < 4.78 is 6.20. The molecule has 0 saturated heterocycles. The molecule has 0 atom stereocenters. The second kappa shape index (κ2) is 4.37. The van der Waals surface area contributed by atoms with Gasteiger partial charge in [-0.1, -0.05) is 30.3 Å². The molecular weight excluding hydrogens is 272 g/mol. The minimum absolute atomic E-state index is 1.01. The minimum atomic E-state index is 1.01. The van der Waals surface area contributed by atoms with Gasteiger partial charge in [0.25, 0.3) is 11.5 Å². The Morgan fingerprint density at radius 3 is 2.18 bits per heavy atom. The normalized spacial score (nSPS) is 11.6. The van der Waals surface area contributed by atoms with Gasteiger partial charge in [-0.15, -0.1) is 4.68 Å². The van der Waals surface area contributed by atoms with Gasteiger partial charge in [0.1, 0.15) is 0 Å². The molecule has 0 bridgehead atoms. The van der Waals surface area contributed by atoms with Gasteiger partial charge in [0.2, 0.25) is 0 Å². The van der Waals surface area contributed by atoms with Crippen LogP contribution in [0.25, 0.3) is 22.4 Å². The molecule has 2 heterocycles. The zero-order chi connectivity index (χ0) is 15.4. The molecule has 0 aliphatic heterocycles. The molecule has 22 heavy (non-hydrogen) atoms. The van der Waals surface area contributed by atoms with E-state index in [4.69, 9.17) is 5.84 Å². The Balaban J connectivity index is 2.28. The third kappa shape index (κ3) is 1.55. The highest BCUT2D eigenvalue weighted by molar-refractivity contribution is 5.85. The highest BCUT2D eigenvalue weighted by Crippen LogP contribution is 2.29. The van der Waals surface area contributed by atoms with Crippen molar-refractivity contribution in [3.05, 3.63) is 65.6 Å². The summed E-state index contributed by atoms with van der Waals surface area (Å²) in [6.45, 7) is 6.34. The maximum absolute atomic E-state index is 6.09. The first kappa shape index (κ1) is 13.0. The Bertz CT molecular complexity index is 1000. The number of rotatable bonds is 1. The molecule has 0 saturated carbocycles. The SMILES string of the molecule is Cc1cccc(C)c1-n1c2ccccc2n2c(C)[n+](N)cc12. The summed E-state index contributed by atoms with van der Waals surface area (Å²) in [5.41, 5.74) is 7.18. The van der Waals surface area contributed by atoms with Crippen LogP contribution in [-0.4, -0.2) is 8.97 Å². The van der Waals surface area contributed by atoms with E-state index in [0.29, 0.717) is 0 Å². The first-order chi connectivity index (χ1) is 10.6. The van der Waals surface area contributed by atoms with Crippen LogP contribution >= 0.6 is 0 Å². The molecule has 4 aromatic rings. The summed E-state index contributed by atoms with van der Waals surface area (Å²) >= 11 is 0. The van der Waals surface area contributed by atoms with Crippen LogP contribution in [0.2, 0.25) is 0 Å². The molecular formula is C18H19N4+. The third-order valence-corrected chi connectivity index (χ3v) is 4.44. The van der Waals surface area contributed by atoms with Gasteiger partial charge in [-0.2, -0.15) is 4.40 Å². The number of hydrogen-bond acceptors (Lipinski definition) is 1. The smallest absolute Gasteiger partial charge is 0.269 e. The number of para-hydroxylation sites is 3. The van der Waals surface area contributed by atoms with Gasteiger partial charge < -0.3 is 0 Å². The lowest BCUT2D eigenvalue weighted by molar-refractivity contribution is -0.643. The number of nitrogens with zero attached hydrogens (tertiary/aromatic N) is 3. The summed E-state index contributed by atoms with van der Waals surface area (Å²) in [5.74, 6) is 7.10. The van der Waals surface area contributed by atoms with Crippen LogP contribution in [0.3, 0.4) is 0 Å². The number of nitrogens with two attached hydrogens (primary N) is 1. The van der Waals surface area contributed by atoms with E-state index in [1.54, 1.807) is 4.68 Å². The molecule has 2 aromatic carbocycles. The summed E-state index contributed by atoms with van der Waals surface area (Å²) in [6, 6.07) is 14.9. The van der Waals surface area contributed by atoms with E-state index in [-0.39, 0.29) is 0 Å². The van der Waals surface area contributed by atoms with Crippen molar-refractivity contribution in [1.29, 1.82) is 0 Å². The number of benzene rings is 2. The fourth-order valence-corrected chi connectivity index (χ4v) is 3.37. The molecule has 110 valence electrons. The zero-order valence-electron chi connectivity index (χ0n) is 13.0. The van der Waals surface area contributed by atoms with Crippen LogP contribution in [0.1, 0.15) is 17.0 Å². The molecule has 0 unspecified atom stereocenters. The number of fused-ring (bicyclic) bond motifs is 3. The van der Waals surface area contributed by atoms with E-state index in [1.807, 2.05) is 13.1 Å². The predicted molar refractivity (Wildman–Crippen MR) is 88.8 cm³/mol. The van der Waals surface area contributed by atoms with Crippen molar-refractivity contribution in [1.82, 2.24) is 8.97 Å². The molecule has 2 aromatic heterocycles. The fraction of sp³-hybridized carbons (Fsp3) is 0.167. The molecule has 0 fully saturated rings. The first-order valence-corrected chi connectivity index (χ1v) is 7.44. The Morgan fingerprint density at radius 2 is 1.50 bits per heavy atom. The Kier molecular flexibility index (Phi) is 2.57. The Hall–Kier alpha value is -2.75. The van der Waals surface area contributed by atoms with Crippen LogP contribution < -0.4 is 10.5 Å². The Labute approximate surface area is 129 Å². The van der Waals surface area contributed by atoms with Crippen LogP contribution in [0.5, 0.6) is 0 Å². The standard InChI is InChI=1S/C18H19N4/c1-12-7-6-8-13(2)18(12)22-16-10-5-4-9-15(16)21-14(3)20(19)11-17(21)22/h4-11H,19H2,1-3H3/q+1. The fourth-order valence-electron chi connectivity index (χ4n) is 3.37. The number of aromatic nitrogens is 3. The minimum Gasteiger partial charge on any atom is -0.269 e. The van der Waals surface area contributed by atoms with Gasteiger partial charge in [0.05, 0.1) is 11.2 Å². The lowest BCUT2D eigenvalue weighted by Crippen LogP contribution is -2.45. The predicted octanol–water partition coefficient (Wildman–Crippen LogP) is 2.81. The van der Waals surface area contributed by atoms with Crippen LogP contribution in [0.4, 0.5) is 0 Å². The van der Waals surface area contributed by atoms with Crippen molar-refractivity contribution >= 4 is 16.7 Å². The molecule has 4 heteroatoms. The van der Waals surface area contributed by atoms with Crippen LogP contribution in [0.15, 0.2) is 48.7 Å². The number of hydrogen-bond donors (Lipinski definition) is 1. The lowest BCUT2D eigenvalue weighted by atomic mass is 10.1.